The highest BCUT2D eigenvalue weighted by atomic mass is 16.5. The van der Waals surface area contributed by atoms with E-state index >= 15 is 0 Å². The van der Waals surface area contributed by atoms with E-state index in [1.165, 1.54) is 6.08 Å². The Labute approximate surface area is 181 Å². The molecule has 2 aromatic carbocycles. The Balaban J connectivity index is 1.63. The standard InChI is InChI=1S/C23H26N2O6/c1-28-18-8-5-15(11-20(18)30-3)6-10-22(26)24-16-12-23(27)25(14-16)17-7-9-19(29-2)21(13-17)31-4/h5-11,13,16H,12,14H2,1-4H3,(H,24,26)/b10-6-. The molecule has 2 aromatic rings. The highest BCUT2D eigenvalue weighted by molar-refractivity contribution is 5.98. The lowest BCUT2D eigenvalue weighted by atomic mass is 10.2. The molecule has 0 aromatic heterocycles. The summed E-state index contributed by atoms with van der Waals surface area (Å²) in [7, 11) is 6.22. The maximum absolute atomic E-state index is 12.5. The molecule has 0 aliphatic carbocycles. The molecule has 1 N–H and O–H groups in total. The van der Waals surface area contributed by atoms with E-state index in [-0.39, 0.29) is 24.3 Å². The molecule has 1 atom stereocenters. The van der Waals surface area contributed by atoms with Crippen LogP contribution in [0.25, 0.3) is 6.08 Å². The molecule has 1 unspecified atom stereocenters. The number of carbonyl (C=O) groups excluding carboxylic acids is 2. The van der Waals surface area contributed by atoms with Crippen molar-refractivity contribution in [2.24, 2.45) is 0 Å². The number of rotatable bonds is 8. The number of nitrogens with one attached hydrogen (secondary N) is 1. The van der Waals surface area contributed by atoms with E-state index in [0.29, 0.717) is 35.2 Å². The number of carbonyl (C=O) groups is 2. The maximum Gasteiger partial charge on any atom is 0.244 e. The lowest BCUT2D eigenvalue weighted by Crippen LogP contribution is -2.36. The SMILES string of the molecule is COc1ccc(/C=C\C(=O)NC2CC(=O)N(c3ccc(OC)c(OC)c3)C2)cc1OC. The second-order valence-electron chi connectivity index (χ2n) is 6.90. The molecule has 1 aliphatic heterocycles. The van der Waals surface area contributed by atoms with Gasteiger partial charge in [-0.2, -0.15) is 0 Å². The van der Waals surface area contributed by atoms with Gasteiger partial charge in [0.15, 0.2) is 23.0 Å². The van der Waals surface area contributed by atoms with Crippen molar-refractivity contribution in [2.75, 3.05) is 39.9 Å². The van der Waals surface area contributed by atoms with Crippen molar-refractivity contribution >= 4 is 23.6 Å². The molecule has 164 valence electrons. The fourth-order valence-electron chi connectivity index (χ4n) is 3.42. The van der Waals surface area contributed by atoms with Gasteiger partial charge in [0.1, 0.15) is 0 Å². The van der Waals surface area contributed by atoms with Crippen LogP contribution in [0.2, 0.25) is 0 Å². The second kappa shape index (κ2) is 9.88. The van der Waals surface area contributed by atoms with Gasteiger partial charge in [0.05, 0.1) is 34.5 Å². The molecule has 0 spiro atoms. The van der Waals surface area contributed by atoms with Gasteiger partial charge in [0.2, 0.25) is 11.8 Å². The van der Waals surface area contributed by atoms with Crippen molar-refractivity contribution in [1.82, 2.24) is 5.32 Å². The van der Waals surface area contributed by atoms with Gasteiger partial charge < -0.3 is 29.2 Å². The van der Waals surface area contributed by atoms with Crippen LogP contribution in [-0.2, 0) is 9.59 Å². The lowest BCUT2D eigenvalue weighted by molar-refractivity contribution is -0.117. The monoisotopic (exact) mass is 426 g/mol. The smallest absolute Gasteiger partial charge is 0.244 e. The summed E-state index contributed by atoms with van der Waals surface area (Å²) in [5, 5.41) is 2.88. The van der Waals surface area contributed by atoms with Gasteiger partial charge in [0, 0.05) is 30.8 Å². The molecule has 1 saturated heterocycles. The van der Waals surface area contributed by atoms with Crippen LogP contribution in [0.4, 0.5) is 5.69 Å². The molecule has 1 fully saturated rings. The van der Waals surface area contributed by atoms with Gasteiger partial charge in [-0.15, -0.1) is 0 Å². The van der Waals surface area contributed by atoms with E-state index < -0.39 is 0 Å². The largest absolute Gasteiger partial charge is 0.493 e. The third-order valence-corrected chi connectivity index (χ3v) is 4.98. The van der Waals surface area contributed by atoms with E-state index in [0.717, 1.165) is 5.56 Å². The van der Waals surface area contributed by atoms with Gasteiger partial charge in [-0.05, 0) is 35.9 Å². The molecule has 2 amide bonds. The van der Waals surface area contributed by atoms with Gasteiger partial charge in [0.25, 0.3) is 0 Å². The number of benzene rings is 2. The van der Waals surface area contributed by atoms with Crippen molar-refractivity contribution < 1.29 is 28.5 Å². The van der Waals surface area contributed by atoms with Crippen molar-refractivity contribution in [2.45, 2.75) is 12.5 Å². The third kappa shape index (κ3) is 5.09. The molecular formula is C23H26N2O6. The minimum absolute atomic E-state index is 0.0682. The summed E-state index contributed by atoms with van der Waals surface area (Å²) >= 11 is 0. The third-order valence-electron chi connectivity index (χ3n) is 4.98. The van der Waals surface area contributed by atoms with E-state index in [4.69, 9.17) is 18.9 Å². The molecule has 1 heterocycles. The first-order valence-corrected chi connectivity index (χ1v) is 9.72. The molecule has 31 heavy (non-hydrogen) atoms. The molecular weight excluding hydrogens is 400 g/mol. The lowest BCUT2D eigenvalue weighted by Gasteiger charge is -2.18. The van der Waals surface area contributed by atoms with Crippen LogP contribution in [0, 0.1) is 0 Å². The second-order valence-corrected chi connectivity index (χ2v) is 6.90. The van der Waals surface area contributed by atoms with Crippen LogP contribution in [0.1, 0.15) is 12.0 Å². The Morgan fingerprint density at radius 1 is 0.935 bits per heavy atom. The van der Waals surface area contributed by atoms with Crippen LogP contribution < -0.4 is 29.2 Å². The first kappa shape index (κ1) is 22.0. The predicted molar refractivity (Wildman–Crippen MR) is 117 cm³/mol. The number of amides is 2. The first-order valence-electron chi connectivity index (χ1n) is 9.72. The molecule has 0 saturated carbocycles. The highest BCUT2D eigenvalue weighted by Gasteiger charge is 2.31. The number of hydrogen-bond acceptors (Lipinski definition) is 6. The van der Waals surface area contributed by atoms with Crippen LogP contribution >= 0.6 is 0 Å². The van der Waals surface area contributed by atoms with E-state index in [1.807, 2.05) is 6.07 Å². The topological polar surface area (TPSA) is 86.3 Å². The first-order chi connectivity index (χ1) is 15.0. The fourth-order valence-corrected chi connectivity index (χ4v) is 3.42. The molecule has 8 heteroatoms. The number of methoxy groups -OCH3 is 4. The number of anilines is 1. The van der Waals surface area contributed by atoms with Crippen molar-refractivity contribution in [1.29, 1.82) is 0 Å². The molecule has 3 rings (SSSR count). The molecule has 8 nitrogen and oxygen atoms in total. The van der Waals surface area contributed by atoms with Gasteiger partial charge >= 0.3 is 0 Å². The Morgan fingerprint density at radius 2 is 1.55 bits per heavy atom. The fraction of sp³-hybridized carbons (Fsp3) is 0.304. The van der Waals surface area contributed by atoms with Crippen molar-refractivity contribution in [3.8, 4) is 23.0 Å². The minimum Gasteiger partial charge on any atom is -0.493 e. The average molecular weight is 426 g/mol. The maximum atomic E-state index is 12.5. The highest BCUT2D eigenvalue weighted by Crippen LogP contribution is 2.33. The Kier molecular flexibility index (Phi) is 7.02. The van der Waals surface area contributed by atoms with Crippen molar-refractivity contribution in [3.05, 3.63) is 48.0 Å². The molecule has 0 bridgehead atoms. The zero-order chi connectivity index (χ0) is 22.4. The predicted octanol–water partition coefficient (Wildman–Crippen LogP) is 2.66. The van der Waals surface area contributed by atoms with E-state index in [9.17, 15) is 9.59 Å². The molecule has 1 aliphatic rings. The van der Waals surface area contributed by atoms with Crippen molar-refractivity contribution in [3.63, 3.8) is 0 Å². The van der Waals surface area contributed by atoms with E-state index in [2.05, 4.69) is 5.32 Å². The summed E-state index contributed by atoms with van der Waals surface area (Å²) in [6.45, 7) is 0.379. The quantitative estimate of drug-likeness (QED) is 0.653. The van der Waals surface area contributed by atoms with Gasteiger partial charge in [-0.3, -0.25) is 9.59 Å². The number of nitrogens with zero attached hydrogens (tertiary/aromatic N) is 1. The average Bonchev–Trinajstić information content (AvgIpc) is 3.16. The summed E-state index contributed by atoms with van der Waals surface area (Å²) < 4.78 is 21.0. The summed E-state index contributed by atoms with van der Waals surface area (Å²) in [5.74, 6) is 1.98. The van der Waals surface area contributed by atoms with E-state index in [1.54, 1.807) is 69.7 Å². The zero-order valence-corrected chi connectivity index (χ0v) is 18.0. The van der Waals surface area contributed by atoms with Gasteiger partial charge in [-0.1, -0.05) is 6.07 Å². The summed E-state index contributed by atoms with van der Waals surface area (Å²) in [6, 6.07) is 10.4. The Hall–Kier alpha value is -3.68. The summed E-state index contributed by atoms with van der Waals surface area (Å²) in [5.41, 5.74) is 1.49. The number of ether oxygens (including phenoxy) is 4. The normalized spacial score (nSPS) is 15.8. The summed E-state index contributed by atoms with van der Waals surface area (Å²) in [6.07, 6.45) is 3.34. The minimum atomic E-state index is -0.289. The van der Waals surface area contributed by atoms with Crippen LogP contribution in [0.3, 0.4) is 0 Å². The number of hydrogen-bond donors (Lipinski definition) is 1. The van der Waals surface area contributed by atoms with Gasteiger partial charge in [-0.25, -0.2) is 0 Å². The molecule has 0 radical (unpaired) electrons. The zero-order valence-electron chi connectivity index (χ0n) is 18.0. The van der Waals surface area contributed by atoms with Crippen LogP contribution in [-0.4, -0.2) is 52.8 Å². The van der Waals surface area contributed by atoms with Crippen LogP contribution in [0.15, 0.2) is 42.5 Å². The van der Waals surface area contributed by atoms with Crippen LogP contribution in [0.5, 0.6) is 23.0 Å². The summed E-state index contributed by atoms with van der Waals surface area (Å²) in [4.78, 5) is 26.5. The Bertz CT molecular complexity index is 988. The Morgan fingerprint density at radius 3 is 2.19 bits per heavy atom.